The van der Waals surface area contributed by atoms with Crippen LogP contribution in [0.25, 0.3) is 0 Å². The summed E-state index contributed by atoms with van der Waals surface area (Å²) in [6, 6.07) is -0.450. The smallest absolute Gasteiger partial charge is 0.314 e. The van der Waals surface area contributed by atoms with Gasteiger partial charge in [-0.2, -0.15) is 0 Å². The Bertz CT molecular complexity index is 268. The summed E-state index contributed by atoms with van der Waals surface area (Å²) in [6.07, 6.45) is -0.432. The highest BCUT2D eigenvalue weighted by Gasteiger charge is 2.46. The zero-order valence-electron chi connectivity index (χ0n) is 9.18. The Hall–Kier alpha value is -1.14. The van der Waals surface area contributed by atoms with Crippen molar-refractivity contribution in [3.05, 3.63) is 0 Å². The van der Waals surface area contributed by atoms with E-state index in [4.69, 9.17) is 9.84 Å². The minimum absolute atomic E-state index is 0.0159. The van der Waals surface area contributed by atoms with Gasteiger partial charge in [0.2, 0.25) is 5.91 Å². The van der Waals surface area contributed by atoms with Gasteiger partial charge in [0, 0.05) is 12.6 Å². The lowest BCUT2D eigenvalue weighted by atomic mass is 9.95. The summed E-state index contributed by atoms with van der Waals surface area (Å²) in [6.45, 7) is 1.86. The number of carbonyl (C=O) groups is 2. The lowest BCUT2D eigenvalue weighted by Crippen LogP contribution is -2.35. The molecule has 1 saturated heterocycles. The van der Waals surface area contributed by atoms with Crippen LogP contribution in [0.4, 0.5) is 0 Å². The molecular formula is C10H17NO5. The van der Waals surface area contributed by atoms with Gasteiger partial charge in [-0.15, -0.1) is 0 Å². The van der Waals surface area contributed by atoms with Crippen LogP contribution in [0.1, 0.15) is 19.8 Å². The molecule has 0 radical (unpaired) electrons. The van der Waals surface area contributed by atoms with Crippen LogP contribution in [-0.2, 0) is 14.3 Å². The molecule has 3 N–H and O–H groups in total. The number of hydrogen-bond acceptors (Lipinski definition) is 5. The summed E-state index contributed by atoms with van der Waals surface area (Å²) >= 11 is 0. The average molecular weight is 231 g/mol. The van der Waals surface area contributed by atoms with E-state index in [1.165, 1.54) is 0 Å². The highest BCUT2D eigenvalue weighted by Crippen LogP contribution is 2.22. The number of aliphatic hydroxyl groups is 2. The summed E-state index contributed by atoms with van der Waals surface area (Å²) in [5, 5.41) is 20.8. The number of hydrogen-bond donors (Lipinski definition) is 3. The minimum atomic E-state index is -1.34. The van der Waals surface area contributed by atoms with Crippen molar-refractivity contribution < 1.29 is 24.5 Å². The molecule has 6 heteroatoms. The molecule has 0 aromatic carbocycles. The molecule has 0 aromatic heterocycles. The lowest BCUT2D eigenvalue weighted by Gasteiger charge is -2.18. The van der Waals surface area contributed by atoms with E-state index in [1.807, 2.05) is 0 Å². The number of ether oxygens (including phenoxy) is 1. The summed E-state index contributed by atoms with van der Waals surface area (Å²) < 4.78 is 4.80. The first-order valence-corrected chi connectivity index (χ1v) is 5.37. The molecule has 0 bridgehead atoms. The molecule has 1 amide bonds. The third kappa shape index (κ3) is 2.70. The quantitative estimate of drug-likeness (QED) is 0.516. The fraction of sp³-hybridized carbons (Fsp3) is 0.800. The van der Waals surface area contributed by atoms with Crippen LogP contribution in [0, 0.1) is 5.92 Å². The summed E-state index contributed by atoms with van der Waals surface area (Å²) in [7, 11) is 0. The Morgan fingerprint density at radius 3 is 2.81 bits per heavy atom. The molecule has 3 atom stereocenters. The van der Waals surface area contributed by atoms with Crippen LogP contribution in [0.3, 0.4) is 0 Å². The molecule has 1 rings (SSSR count). The highest BCUT2D eigenvalue weighted by atomic mass is 16.5. The van der Waals surface area contributed by atoms with E-state index in [1.54, 1.807) is 6.92 Å². The fourth-order valence-corrected chi connectivity index (χ4v) is 1.84. The second-order valence-corrected chi connectivity index (χ2v) is 3.70. The van der Waals surface area contributed by atoms with Crippen LogP contribution < -0.4 is 5.32 Å². The van der Waals surface area contributed by atoms with Crippen LogP contribution in [0.15, 0.2) is 0 Å². The van der Waals surface area contributed by atoms with Crippen LogP contribution in [0.5, 0.6) is 0 Å². The Balaban J connectivity index is 2.67. The second kappa shape index (κ2) is 5.81. The molecule has 0 aliphatic carbocycles. The summed E-state index contributed by atoms with van der Waals surface area (Å²) in [5.74, 6) is -1.99. The number of nitrogens with one attached hydrogen (secondary N) is 1. The average Bonchev–Trinajstić information content (AvgIpc) is 2.52. The fourth-order valence-electron chi connectivity index (χ4n) is 1.84. The van der Waals surface area contributed by atoms with Gasteiger partial charge < -0.3 is 20.3 Å². The standard InChI is InChI=1S/C10H17NO5/c1-2-16-10(15)7-6(4-3-5-12)11-9(14)8(7)13/h6-8,12-13H,2-5H2,1H3,(H,11,14)/t6-,7+,8+/m0/s1. The van der Waals surface area contributed by atoms with Crippen LogP contribution in [0.2, 0.25) is 0 Å². The van der Waals surface area contributed by atoms with E-state index >= 15 is 0 Å². The van der Waals surface area contributed by atoms with Crippen molar-refractivity contribution in [3.63, 3.8) is 0 Å². The maximum absolute atomic E-state index is 11.5. The van der Waals surface area contributed by atoms with E-state index in [0.29, 0.717) is 12.8 Å². The SMILES string of the molecule is CCOC(=O)[C@@H]1[C@H](CCCO)NC(=O)[C@@H]1O. The zero-order chi connectivity index (χ0) is 12.1. The number of esters is 1. The van der Waals surface area contributed by atoms with Crippen molar-refractivity contribution in [3.8, 4) is 0 Å². The van der Waals surface area contributed by atoms with Crippen molar-refractivity contribution in [2.45, 2.75) is 31.9 Å². The molecular weight excluding hydrogens is 214 g/mol. The molecule has 92 valence electrons. The van der Waals surface area contributed by atoms with E-state index in [9.17, 15) is 14.7 Å². The molecule has 1 heterocycles. The molecule has 6 nitrogen and oxygen atoms in total. The molecule has 16 heavy (non-hydrogen) atoms. The Labute approximate surface area is 93.6 Å². The molecule has 0 spiro atoms. The van der Waals surface area contributed by atoms with Gasteiger partial charge in [0.05, 0.1) is 6.61 Å². The van der Waals surface area contributed by atoms with E-state index in [0.717, 1.165) is 0 Å². The van der Waals surface area contributed by atoms with Gasteiger partial charge in [-0.3, -0.25) is 9.59 Å². The van der Waals surface area contributed by atoms with E-state index < -0.39 is 29.9 Å². The molecule has 0 aromatic rings. The number of amides is 1. The van der Waals surface area contributed by atoms with Crippen molar-refractivity contribution >= 4 is 11.9 Å². The van der Waals surface area contributed by atoms with Gasteiger partial charge >= 0.3 is 5.97 Å². The third-order valence-electron chi connectivity index (χ3n) is 2.60. The van der Waals surface area contributed by atoms with Crippen LogP contribution in [-0.4, -0.2) is 47.4 Å². The van der Waals surface area contributed by atoms with Gasteiger partial charge in [0.1, 0.15) is 12.0 Å². The topological polar surface area (TPSA) is 95.9 Å². The van der Waals surface area contributed by atoms with E-state index in [-0.39, 0.29) is 13.2 Å². The van der Waals surface area contributed by atoms with Crippen molar-refractivity contribution in [2.75, 3.05) is 13.2 Å². The van der Waals surface area contributed by atoms with Gasteiger partial charge in [-0.05, 0) is 19.8 Å². The Morgan fingerprint density at radius 1 is 1.56 bits per heavy atom. The maximum atomic E-state index is 11.5. The normalized spacial score (nSPS) is 28.9. The largest absolute Gasteiger partial charge is 0.466 e. The van der Waals surface area contributed by atoms with Crippen molar-refractivity contribution in [2.24, 2.45) is 5.92 Å². The molecule has 0 saturated carbocycles. The Kier molecular flexibility index (Phi) is 4.70. The second-order valence-electron chi connectivity index (χ2n) is 3.70. The number of aliphatic hydroxyl groups excluding tert-OH is 2. The molecule has 1 fully saturated rings. The Morgan fingerprint density at radius 2 is 2.25 bits per heavy atom. The first-order chi connectivity index (χ1) is 7.61. The summed E-state index contributed by atoms with van der Waals surface area (Å²) in [5.41, 5.74) is 0. The molecule has 0 unspecified atom stereocenters. The van der Waals surface area contributed by atoms with Crippen LogP contribution >= 0.6 is 0 Å². The zero-order valence-corrected chi connectivity index (χ0v) is 9.18. The lowest BCUT2D eigenvalue weighted by molar-refractivity contribution is -0.153. The predicted octanol–water partition coefficient (Wildman–Crippen LogP) is -1.20. The first kappa shape index (κ1) is 12.9. The monoisotopic (exact) mass is 231 g/mol. The van der Waals surface area contributed by atoms with Gasteiger partial charge in [-0.25, -0.2) is 0 Å². The van der Waals surface area contributed by atoms with Gasteiger partial charge in [0.25, 0.3) is 0 Å². The first-order valence-electron chi connectivity index (χ1n) is 5.37. The molecule has 1 aliphatic rings. The third-order valence-corrected chi connectivity index (χ3v) is 2.60. The van der Waals surface area contributed by atoms with Crippen molar-refractivity contribution in [1.82, 2.24) is 5.32 Å². The minimum Gasteiger partial charge on any atom is -0.466 e. The summed E-state index contributed by atoms with van der Waals surface area (Å²) in [4.78, 5) is 22.8. The van der Waals surface area contributed by atoms with Gasteiger partial charge in [0.15, 0.2) is 0 Å². The maximum Gasteiger partial charge on any atom is 0.314 e. The van der Waals surface area contributed by atoms with E-state index in [2.05, 4.69) is 5.32 Å². The predicted molar refractivity (Wildman–Crippen MR) is 54.4 cm³/mol. The highest BCUT2D eigenvalue weighted by molar-refractivity contribution is 5.91. The molecule has 1 aliphatic heterocycles. The van der Waals surface area contributed by atoms with Gasteiger partial charge in [-0.1, -0.05) is 0 Å². The van der Waals surface area contributed by atoms with Crippen molar-refractivity contribution in [1.29, 1.82) is 0 Å². The number of carbonyl (C=O) groups excluding carboxylic acids is 2. The number of rotatable bonds is 5.